The Morgan fingerprint density at radius 3 is 2.64 bits per heavy atom. The summed E-state index contributed by atoms with van der Waals surface area (Å²) in [6.45, 7) is 6.27. The number of unbranched alkanes of at least 4 members (excludes halogenated alkanes) is 1. The average molecular weight is 611 g/mol. The highest BCUT2D eigenvalue weighted by atomic mass is 79.9. The van der Waals surface area contributed by atoms with Crippen LogP contribution in [0.3, 0.4) is 0 Å². The van der Waals surface area contributed by atoms with E-state index in [-0.39, 0.29) is 18.1 Å². The number of aromatic nitrogens is 1. The minimum Gasteiger partial charge on any atom is -0.496 e. The summed E-state index contributed by atoms with van der Waals surface area (Å²) in [6.07, 6.45) is 1.78. The average Bonchev–Trinajstić information content (AvgIpc) is 3.38. The van der Waals surface area contributed by atoms with E-state index in [9.17, 15) is 14.4 Å². The van der Waals surface area contributed by atoms with E-state index in [1.165, 1.54) is 11.7 Å². The molecule has 8 nitrogen and oxygen atoms in total. The zero-order valence-corrected chi connectivity index (χ0v) is 24.5. The molecule has 0 aliphatic carbocycles. The Hall–Kier alpha value is -3.50. The van der Waals surface area contributed by atoms with Crippen molar-refractivity contribution in [3.05, 3.63) is 89.0 Å². The van der Waals surface area contributed by atoms with Crippen LogP contribution in [0.4, 0.5) is 5.69 Å². The number of nitrogens with zero attached hydrogens (tertiary/aromatic N) is 3. The van der Waals surface area contributed by atoms with Crippen LogP contribution < -0.4 is 24.5 Å². The fourth-order valence-electron chi connectivity index (χ4n) is 5.09. The van der Waals surface area contributed by atoms with E-state index in [0.29, 0.717) is 38.5 Å². The standard InChI is InChI=1S/C29H28BrN3O5S/c1-5-7-14-32-20-11-9-8-10-18(20)23(26(32)34)25-27(35)33-24(19-15-17(30)12-13-21(19)37-4)22(28(36)38-6-2)16(3)31-29(33)39-25/h8-13,15,24H,5-7,14H2,1-4H3/b25-23-/t24-/m0/s1. The van der Waals surface area contributed by atoms with Crippen LogP contribution in [0.1, 0.15) is 50.8 Å². The Balaban J connectivity index is 1.82. The number of allylic oxidation sites excluding steroid dienone is 1. The van der Waals surface area contributed by atoms with Crippen molar-refractivity contribution in [1.82, 2.24) is 4.57 Å². The number of carbonyl (C=O) groups excluding carboxylic acids is 2. The maximum atomic E-state index is 14.3. The quantitative estimate of drug-likeness (QED) is 0.376. The van der Waals surface area contributed by atoms with Crippen LogP contribution in [-0.4, -0.2) is 36.7 Å². The second-order valence-corrected chi connectivity index (χ2v) is 11.1. The number of esters is 1. The van der Waals surface area contributed by atoms with E-state index >= 15 is 0 Å². The molecule has 0 N–H and O–H groups in total. The fraction of sp³-hybridized carbons (Fsp3) is 0.310. The van der Waals surface area contributed by atoms with Crippen molar-refractivity contribution < 1.29 is 19.1 Å². The highest BCUT2D eigenvalue weighted by molar-refractivity contribution is 9.10. The predicted molar refractivity (Wildman–Crippen MR) is 154 cm³/mol. The van der Waals surface area contributed by atoms with E-state index in [1.807, 2.05) is 36.4 Å². The van der Waals surface area contributed by atoms with Crippen molar-refractivity contribution in [3.8, 4) is 5.75 Å². The van der Waals surface area contributed by atoms with Gasteiger partial charge < -0.3 is 14.4 Å². The van der Waals surface area contributed by atoms with Gasteiger partial charge in [0.1, 0.15) is 16.3 Å². The number of ether oxygens (including phenoxy) is 2. The van der Waals surface area contributed by atoms with Crippen LogP contribution >= 0.6 is 27.3 Å². The number of amides is 1. The fourth-order valence-corrected chi connectivity index (χ4v) is 6.61. The third-order valence-corrected chi connectivity index (χ3v) is 8.41. The number of thiazole rings is 1. The second kappa shape index (κ2) is 10.9. The van der Waals surface area contributed by atoms with E-state index < -0.39 is 17.6 Å². The van der Waals surface area contributed by atoms with Crippen molar-refractivity contribution in [1.29, 1.82) is 0 Å². The van der Waals surface area contributed by atoms with Crippen molar-refractivity contribution in [2.24, 2.45) is 4.99 Å². The third kappa shape index (κ3) is 4.55. The molecule has 0 fully saturated rings. The molecule has 2 aliphatic rings. The number of fused-ring (bicyclic) bond motifs is 2. The van der Waals surface area contributed by atoms with Crippen molar-refractivity contribution >= 4 is 50.4 Å². The van der Waals surface area contributed by atoms with E-state index in [4.69, 9.17) is 9.47 Å². The van der Waals surface area contributed by atoms with Crippen LogP contribution in [0.15, 0.2) is 68.0 Å². The lowest BCUT2D eigenvalue weighted by Crippen LogP contribution is -2.41. The Bertz CT molecular complexity index is 1700. The Morgan fingerprint density at radius 1 is 1.15 bits per heavy atom. The number of hydrogen-bond acceptors (Lipinski definition) is 7. The van der Waals surface area contributed by atoms with Gasteiger partial charge in [-0.05, 0) is 44.5 Å². The third-order valence-electron chi connectivity index (χ3n) is 6.86. The monoisotopic (exact) mass is 609 g/mol. The maximum absolute atomic E-state index is 14.3. The first-order chi connectivity index (χ1) is 18.8. The number of rotatable bonds is 7. The Kier molecular flexibility index (Phi) is 7.59. The van der Waals surface area contributed by atoms with Gasteiger partial charge in [0.2, 0.25) is 0 Å². The van der Waals surface area contributed by atoms with Gasteiger partial charge in [-0.1, -0.05) is 58.8 Å². The molecule has 1 amide bonds. The van der Waals surface area contributed by atoms with Gasteiger partial charge in [-0.15, -0.1) is 0 Å². The van der Waals surface area contributed by atoms with Crippen LogP contribution in [0.2, 0.25) is 0 Å². The van der Waals surface area contributed by atoms with Gasteiger partial charge in [0.15, 0.2) is 4.80 Å². The largest absolute Gasteiger partial charge is 0.496 e. The van der Waals surface area contributed by atoms with Crippen molar-refractivity contribution in [3.63, 3.8) is 0 Å². The van der Waals surface area contributed by atoms with Gasteiger partial charge in [-0.2, -0.15) is 0 Å². The molecule has 3 heterocycles. The number of benzene rings is 2. The van der Waals surface area contributed by atoms with Crippen LogP contribution in [0, 0.1) is 0 Å². The summed E-state index contributed by atoms with van der Waals surface area (Å²) in [4.78, 5) is 48.1. The first-order valence-corrected chi connectivity index (χ1v) is 14.4. The van der Waals surface area contributed by atoms with Gasteiger partial charge in [-0.25, -0.2) is 9.79 Å². The molecule has 0 bridgehead atoms. The number of carbonyl (C=O) groups is 2. The molecule has 0 radical (unpaired) electrons. The first-order valence-electron chi connectivity index (χ1n) is 12.8. The summed E-state index contributed by atoms with van der Waals surface area (Å²) in [5, 5.41) is 0. The molecule has 0 saturated carbocycles. The minimum atomic E-state index is -0.856. The van der Waals surface area contributed by atoms with Gasteiger partial charge >= 0.3 is 5.97 Å². The topological polar surface area (TPSA) is 90.2 Å². The molecule has 0 saturated heterocycles. The van der Waals surface area contributed by atoms with Gasteiger partial charge in [0.25, 0.3) is 11.5 Å². The number of hydrogen-bond donors (Lipinski definition) is 0. The van der Waals surface area contributed by atoms with E-state index in [0.717, 1.165) is 39.9 Å². The summed E-state index contributed by atoms with van der Waals surface area (Å²) in [5.41, 5.74) is 2.79. The lowest BCUT2D eigenvalue weighted by molar-refractivity contribution is -0.139. The van der Waals surface area contributed by atoms with Gasteiger partial charge in [-0.3, -0.25) is 14.2 Å². The molecule has 1 atom stereocenters. The predicted octanol–water partition coefficient (Wildman–Crippen LogP) is 4.09. The molecular weight excluding hydrogens is 582 g/mol. The summed E-state index contributed by atoms with van der Waals surface area (Å²) in [6, 6.07) is 12.1. The molecule has 2 aromatic carbocycles. The number of anilines is 1. The Labute approximate surface area is 238 Å². The SMILES string of the molecule is CCCCN1C(=O)/C(=c2\sc3n(c2=O)[C@@H](c2cc(Br)ccc2OC)C(C(=O)OCC)=C(C)N=3)c2ccccc21. The highest BCUT2D eigenvalue weighted by Crippen LogP contribution is 2.38. The summed E-state index contributed by atoms with van der Waals surface area (Å²) in [7, 11) is 1.54. The molecule has 202 valence electrons. The molecule has 1 aromatic heterocycles. The smallest absolute Gasteiger partial charge is 0.338 e. The van der Waals surface area contributed by atoms with Gasteiger partial charge in [0, 0.05) is 22.1 Å². The highest BCUT2D eigenvalue weighted by Gasteiger charge is 2.38. The van der Waals surface area contributed by atoms with Crippen LogP contribution in [0.5, 0.6) is 5.75 Å². The van der Waals surface area contributed by atoms with Gasteiger partial charge in [0.05, 0.1) is 36.2 Å². The molecule has 5 rings (SSSR count). The molecule has 39 heavy (non-hydrogen) atoms. The molecular formula is C29H28BrN3O5S. The van der Waals surface area contributed by atoms with Crippen molar-refractivity contribution in [2.45, 2.75) is 39.7 Å². The molecule has 10 heteroatoms. The molecule has 0 spiro atoms. The maximum Gasteiger partial charge on any atom is 0.338 e. The lowest BCUT2D eigenvalue weighted by Gasteiger charge is -2.26. The van der Waals surface area contributed by atoms with Crippen LogP contribution in [-0.2, 0) is 14.3 Å². The molecule has 3 aromatic rings. The summed E-state index contributed by atoms with van der Waals surface area (Å²) < 4.78 is 13.6. The molecule has 2 aliphatic heterocycles. The van der Waals surface area contributed by atoms with Crippen molar-refractivity contribution in [2.75, 3.05) is 25.2 Å². The van der Waals surface area contributed by atoms with E-state index in [2.05, 4.69) is 27.8 Å². The normalized spacial score (nSPS) is 17.6. The number of methoxy groups -OCH3 is 1. The van der Waals surface area contributed by atoms with E-state index in [1.54, 1.807) is 24.8 Å². The number of halogens is 1. The zero-order valence-electron chi connectivity index (χ0n) is 22.1. The minimum absolute atomic E-state index is 0.172. The van der Waals surface area contributed by atoms with Crippen LogP contribution in [0.25, 0.3) is 5.57 Å². The molecule has 0 unspecified atom stereocenters. The first kappa shape index (κ1) is 27.1. The summed E-state index contributed by atoms with van der Waals surface area (Å²) in [5.74, 6) is -0.254. The number of para-hydroxylation sites is 1. The summed E-state index contributed by atoms with van der Waals surface area (Å²) >= 11 is 4.68. The Morgan fingerprint density at radius 2 is 1.92 bits per heavy atom. The zero-order chi connectivity index (χ0) is 27.8. The lowest BCUT2D eigenvalue weighted by atomic mass is 9.95. The second-order valence-electron chi connectivity index (χ2n) is 9.21.